The number of methoxy groups -OCH3 is 1. The summed E-state index contributed by atoms with van der Waals surface area (Å²) in [4.78, 5) is 16.2. The Bertz CT molecular complexity index is 942. The first-order valence-corrected chi connectivity index (χ1v) is 8.97. The molecule has 2 aromatic carbocycles. The van der Waals surface area contributed by atoms with Gasteiger partial charge in [-0.15, -0.1) is 0 Å². The molecule has 140 valence electrons. The topological polar surface area (TPSA) is 86.5 Å². The van der Waals surface area contributed by atoms with Gasteiger partial charge < -0.3 is 19.3 Å². The number of carbonyl (C=O) groups excluding carboxylic acids is 1. The maximum Gasteiger partial charge on any atom is 0.258 e. The molecule has 1 heterocycles. The largest absolute Gasteiger partial charge is 0.497 e. The molecule has 0 fully saturated rings. The number of carbonyl (C=O) groups is 1. The van der Waals surface area contributed by atoms with Crippen LogP contribution in [0.4, 0.5) is 0 Å². The minimum absolute atomic E-state index is 0.0993. The summed E-state index contributed by atoms with van der Waals surface area (Å²) in [6.07, 6.45) is 0. The molecule has 3 aromatic rings. The molecule has 0 spiro atoms. The van der Waals surface area contributed by atoms with Gasteiger partial charge in [-0.2, -0.15) is 4.98 Å². The van der Waals surface area contributed by atoms with E-state index in [-0.39, 0.29) is 19.1 Å². The number of hydrogen-bond acceptors (Lipinski definition) is 6. The highest BCUT2D eigenvalue weighted by Gasteiger charge is 2.11. The Labute approximate surface area is 164 Å². The molecule has 0 aliphatic carbocycles. The molecular weight excluding hydrogens is 414 g/mol. The summed E-state index contributed by atoms with van der Waals surface area (Å²) in [5, 5.41) is 6.61. The van der Waals surface area contributed by atoms with Crippen molar-refractivity contribution in [2.75, 3.05) is 13.7 Å². The molecule has 0 unspecified atom stereocenters. The number of hydrogen-bond donors (Lipinski definition) is 1. The quantitative estimate of drug-likeness (QED) is 0.615. The van der Waals surface area contributed by atoms with Crippen LogP contribution in [0.1, 0.15) is 11.5 Å². The Balaban J connectivity index is 1.51. The average molecular weight is 432 g/mol. The SMILES string of the molecule is COc1cccc(-c2noc(CNC(=O)COc3ccc(Br)c(C)c3)n2)c1. The predicted molar refractivity (Wildman–Crippen MR) is 103 cm³/mol. The highest BCUT2D eigenvalue weighted by atomic mass is 79.9. The number of aromatic nitrogens is 2. The van der Waals surface area contributed by atoms with E-state index in [0.717, 1.165) is 15.6 Å². The number of halogens is 1. The zero-order valence-corrected chi connectivity index (χ0v) is 16.4. The van der Waals surface area contributed by atoms with E-state index < -0.39 is 0 Å². The molecule has 1 aromatic heterocycles. The molecule has 1 N–H and O–H groups in total. The van der Waals surface area contributed by atoms with Crippen LogP contribution in [0.25, 0.3) is 11.4 Å². The lowest BCUT2D eigenvalue weighted by atomic mass is 10.2. The van der Waals surface area contributed by atoms with Crippen molar-refractivity contribution in [1.82, 2.24) is 15.5 Å². The van der Waals surface area contributed by atoms with Crippen LogP contribution in [-0.2, 0) is 11.3 Å². The van der Waals surface area contributed by atoms with Gasteiger partial charge in [0.1, 0.15) is 11.5 Å². The predicted octanol–water partition coefficient (Wildman–Crippen LogP) is 3.51. The molecule has 0 aliphatic heterocycles. The molecule has 3 rings (SSSR count). The highest BCUT2D eigenvalue weighted by molar-refractivity contribution is 9.10. The normalized spacial score (nSPS) is 10.5. The van der Waals surface area contributed by atoms with Crippen LogP contribution >= 0.6 is 15.9 Å². The zero-order chi connectivity index (χ0) is 19.2. The van der Waals surface area contributed by atoms with Crippen LogP contribution in [0.3, 0.4) is 0 Å². The molecular formula is C19H18BrN3O4. The van der Waals surface area contributed by atoms with Gasteiger partial charge >= 0.3 is 0 Å². The summed E-state index contributed by atoms with van der Waals surface area (Å²) in [7, 11) is 1.59. The van der Waals surface area contributed by atoms with Crippen molar-refractivity contribution < 1.29 is 18.8 Å². The van der Waals surface area contributed by atoms with Crippen molar-refractivity contribution in [2.45, 2.75) is 13.5 Å². The monoisotopic (exact) mass is 431 g/mol. The molecule has 27 heavy (non-hydrogen) atoms. The van der Waals surface area contributed by atoms with Crippen molar-refractivity contribution in [1.29, 1.82) is 0 Å². The Morgan fingerprint density at radius 3 is 2.85 bits per heavy atom. The summed E-state index contributed by atoms with van der Waals surface area (Å²) in [5.74, 6) is 1.79. The molecule has 0 bridgehead atoms. The van der Waals surface area contributed by atoms with Crippen LogP contribution in [0.15, 0.2) is 51.5 Å². The standard InChI is InChI=1S/C19H18BrN3O4/c1-12-8-15(6-7-16(12)20)26-11-17(24)21-10-18-22-19(23-27-18)13-4-3-5-14(9-13)25-2/h3-9H,10-11H2,1-2H3,(H,21,24). The van der Waals surface area contributed by atoms with Crippen molar-refractivity contribution in [3.05, 3.63) is 58.4 Å². The number of benzene rings is 2. The molecule has 0 saturated carbocycles. The van der Waals surface area contributed by atoms with E-state index in [1.165, 1.54) is 0 Å². The van der Waals surface area contributed by atoms with Gasteiger partial charge in [0.25, 0.3) is 5.91 Å². The molecule has 0 atom stereocenters. The van der Waals surface area contributed by atoms with Crippen LogP contribution in [0, 0.1) is 6.92 Å². The van der Waals surface area contributed by atoms with Gasteiger partial charge in [0.2, 0.25) is 11.7 Å². The third-order valence-corrected chi connectivity index (χ3v) is 4.62. The zero-order valence-electron chi connectivity index (χ0n) is 14.9. The van der Waals surface area contributed by atoms with Crippen LogP contribution < -0.4 is 14.8 Å². The van der Waals surface area contributed by atoms with Crippen LogP contribution in [0.2, 0.25) is 0 Å². The first kappa shape index (κ1) is 18.9. The molecule has 7 nitrogen and oxygen atoms in total. The maximum atomic E-state index is 12.0. The van der Waals surface area contributed by atoms with Gasteiger partial charge in [0, 0.05) is 10.0 Å². The van der Waals surface area contributed by atoms with Crippen molar-refractivity contribution in [2.24, 2.45) is 0 Å². The number of ether oxygens (including phenoxy) is 2. The average Bonchev–Trinajstić information content (AvgIpc) is 3.16. The Morgan fingerprint density at radius 1 is 1.22 bits per heavy atom. The summed E-state index contributed by atoms with van der Waals surface area (Å²) >= 11 is 3.42. The lowest BCUT2D eigenvalue weighted by Gasteiger charge is -2.07. The summed E-state index contributed by atoms with van der Waals surface area (Å²) in [5.41, 5.74) is 1.80. The minimum atomic E-state index is -0.281. The van der Waals surface area contributed by atoms with Gasteiger partial charge in [-0.1, -0.05) is 33.2 Å². The van der Waals surface area contributed by atoms with Gasteiger partial charge in [0.05, 0.1) is 13.7 Å². The maximum absolute atomic E-state index is 12.0. The molecule has 0 radical (unpaired) electrons. The van der Waals surface area contributed by atoms with Crippen molar-refractivity contribution >= 4 is 21.8 Å². The highest BCUT2D eigenvalue weighted by Crippen LogP contribution is 2.22. The van der Waals surface area contributed by atoms with Crippen molar-refractivity contribution in [3.63, 3.8) is 0 Å². The third-order valence-electron chi connectivity index (χ3n) is 3.73. The molecule has 0 saturated heterocycles. The third kappa shape index (κ3) is 5.07. The fourth-order valence-electron chi connectivity index (χ4n) is 2.29. The fourth-order valence-corrected chi connectivity index (χ4v) is 2.53. The second kappa shape index (κ2) is 8.68. The Hall–Kier alpha value is -2.87. The van der Waals surface area contributed by atoms with Gasteiger partial charge in [0.15, 0.2) is 6.61 Å². The smallest absolute Gasteiger partial charge is 0.258 e. The van der Waals surface area contributed by atoms with E-state index >= 15 is 0 Å². The summed E-state index contributed by atoms with van der Waals surface area (Å²) < 4.78 is 16.8. The van der Waals surface area contributed by atoms with Crippen LogP contribution in [-0.4, -0.2) is 29.8 Å². The number of aryl methyl sites for hydroxylation is 1. The van der Waals surface area contributed by atoms with E-state index in [1.54, 1.807) is 19.2 Å². The van der Waals surface area contributed by atoms with E-state index in [0.29, 0.717) is 23.2 Å². The number of nitrogens with one attached hydrogen (secondary N) is 1. The molecule has 8 heteroatoms. The number of amides is 1. The first-order chi connectivity index (χ1) is 13.0. The molecule has 1 amide bonds. The van der Waals surface area contributed by atoms with Gasteiger partial charge in [-0.05, 0) is 42.8 Å². The van der Waals surface area contributed by atoms with E-state index in [2.05, 4.69) is 31.4 Å². The number of nitrogens with zero attached hydrogens (tertiary/aromatic N) is 2. The van der Waals surface area contributed by atoms with Gasteiger partial charge in [-0.3, -0.25) is 4.79 Å². The van der Waals surface area contributed by atoms with Crippen LogP contribution in [0.5, 0.6) is 11.5 Å². The Morgan fingerprint density at radius 2 is 2.07 bits per heavy atom. The van der Waals surface area contributed by atoms with E-state index in [1.807, 2.05) is 37.3 Å². The second-order valence-corrected chi connectivity index (χ2v) is 6.57. The summed E-state index contributed by atoms with van der Waals surface area (Å²) in [6, 6.07) is 12.9. The Kier molecular flexibility index (Phi) is 6.08. The number of rotatable bonds is 7. The van der Waals surface area contributed by atoms with Crippen molar-refractivity contribution in [3.8, 4) is 22.9 Å². The van der Waals surface area contributed by atoms with E-state index in [9.17, 15) is 4.79 Å². The minimum Gasteiger partial charge on any atom is -0.497 e. The molecule has 0 aliphatic rings. The second-order valence-electron chi connectivity index (χ2n) is 5.72. The first-order valence-electron chi connectivity index (χ1n) is 8.18. The van der Waals surface area contributed by atoms with E-state index in [4.69, 9.17) is 14.0 Å². The lowest BCUT2D eigenvalue weighted by Crippen LogP contribution is -2.28. The fraction of sp³-hybridized carbons (Fsp3) is 0.211. The summed E-state index contributed by atoms with van der Waals surface area (Å²) in [6.45, 7) is 1.98. The van der Waals surface area contributed by atoms with Gasteiger partial charge in [-0.25, -0.2) is 0 Å². The lowest BCUT2D eigenvalue weighted by molar-refractivity contribution is -0.123.